The van der Waals surface area contributed by atoms with Crippen molar-refractivity contribution in [3.8, 4) is 0 Å². The van der Waals surface area contributed by atoms with E-state index < -0.39 is 76.5 Å². The Morgan fingerprint density at radius 2 is 1.50 bits per heavy atom. The van der Waals surface area contributed by atoms with Crippen LogP contribution < -0.4 is 42.8 Å². The topological polar surface area (TPSA) is 265 Å². The molecule has 1 saturated heterocycles. The highest BCUT2D eigenvalue weighted by Crippen LogP contribution is 2.65. The van der Waals surface area contributed by atoms with Crippen molar-refractivity contribution in [3.63, 3.8) is 0 Å². The molecule has 0 aromatic heterocycles. The first-order valence-corrected chi connectivity index (χ1v) is 25.0. The fourth-order valence-electron chi connectivity index (χ4n) is 9.03. The fraction of sp³-hybridized carbons (Fsp3) is 0.860. The third kappa shape index (κ3) is 15.8. The van der Waals surface area contributed by atoms with Crippen molar-refractivity contribution >= 4 is 40.8 Å². The lowest BCUT2D eigenvalue weighted by Gasteiger charge is -2.64. The number of allylic oxidation sites excluding steroid dienone is 1. The summed E-state index contributed by atoms with van der Waals surface area (Å²) in [5.41, 5.74) is 11.0. The first-order chi connectivity index (χ1) is 29.3. The third-order valence-electron chi connectivity index (χ3n) is 13.1. The Labute approximate surface area is 372 Å². The number of aliphatic hydroxyl groups excluding tert-OH is 1. The van der Waals surface area contributed by atoms with Crippen LogP contribution >= 0.6 is 0 Å². The van der Waals surface area contributed by atoms with Gasteiger partial charge in [0.25, 0.3) is 5.91 Å². The van der Waals surface area contributed by atoms with Gasteiger partial charge in [0.1, 0.15) is 23.8 Å². The standard InChI is InChI=1S/C43H81BN8O9S/c1-8-9-10-11-12-13-14-19-24-47-25-26-62(58,59)52-34(21-16-18-23-46)40(56)51-37(30(3)53)41(57)48-29(2)38(54)50-33(20-15-17-22-45)39(55)49-31(4)44-60-36-28-32-27-35(42(32,5)6)43(36,7)61-44/h20,29-32,34-37,47,52-53H,8-19,21-28,45-46H2,1-7H3,(H,48,57)(H,49,55)(H,50,54)(H,51,56)/b33-20+/t29-,30+,31-,32-,34-,35-,36+,37-,43-/m0/s1. The average Bonchev–Trinajstić information content (AvgIpc) is 3.58. The van der Waals surface area contributed by atoms with E-state index in [1.54, 1.807) is 13.0 Å². The van der Waals surface area contributed by atoms with Gasteiger partial charge in [-0.3, -0.25) is 19.2 Å². The van der Waals surface area contributed by atoms with Crippen molar-refractivity contribution in [2.45, 2.75) is 187 Å². The normalized spacial score (nSPS) is 24.2. The molecule has 4 rings (SSSR count). The molecule has 0 spiro atoms. The van der Waals surface area contributed by atoms with Gasteiger partial charge >= 0.3 is 7.12 Å². The predicted octanol–water partition coefficient (Wildman–Crippen LogP) is 2.02. The molecular formula is C43H81BN8O9S. The third-order valence-corrected chi connectivity index (χ3v) is 14.5. The second-order valence-electron chi connectivity index (χ2n) is 18.6. The number of carbonyl (C=O) groups is 4. The van der Waals surface area contributed by atoms with Crippen LogP contribution in [0.2, 0.25) is 0 Å². The lowest BCUT2D eigenvalue weighted by atomic mass is 9.43. The zero-order valence-electron chi connectivity index (χ0n) is 38.7. The highest BCUT2D eigenvalue weighted by Gasteiger charge is 2.68. The highest BCUT2D eigenvalue weighted by atomic mass is 32.2. The Morgan fingerprint density at radius 3 is 2.13 bits per heavy atom. The number of amides is 4. The van der Waals surface area contributed by atoms with Crippen LogP contribution in [-0.4, -0.2) is 118 Å². The van der Waals surface area contributed by atoms with E-state index in [0.29, 0.717) is 57.2 Å². The number of sulfonamides is 1. The first-order valence-electron chi connectivity index (χ1n) is 23.4. The second kappa shape index (κ2) is 25.7. The van der Waals surface area contributed by atoms with Crippen LogP contribution in [0.25, 0.3) is 0 Å². The molecule has 0 radical (unpaired) electrons. The van der Waals surface area contributed by atoms with Crippen molar-refractivity contribution in [2.24, 2.45) is 28.7 Å². The summed E-state index contributed by atoms with van der Waals surface area (Å²) in [5.74, 6) is -2.90. The van der Waals surface area contributed by atoms with Crippen LogP contribution in [0.1, 0.15) is 145 Å². The summed E-state index contributed by atoms with van der Waals surface area (Å²) in [5, 5.41) is 24.3. The number of nitrogens with two attached hydrogens (primary N) is 2. The maximum Gasteiger partial charge on any atom is 0.481 e. The van der Waals surface area contributed by atoms with Crippen molar-refractivity contribution < 1.29 is 42.0 Å². The molecule has 2 bridgehead atoms. The molecule has 4 aliphatic rings. The molecule has 4 fully saturated rings. The number of hydrogen-bond donors (Lipinski definition) is 9. The highest BCUT2D eigenvalue weighted by molar-refractivity contribution is 7.89. The molecule has 19 heteroatoms. The lowest BCUT2D eigenvalue weighted by molar-refractivity contribution is -0.199. The van der Waals surface area contributed by atoms with Crippen LogP contribution in [-0.2, 0) is 38.5 Å². The molecule has 1 heterocycles. The molecule has 11 N–H and O–H groups in total. The Balaban J connectivity index is 1.55. The van der Waals surface area contributed by atoms with E-state index in [9.17, 15) is 32.7 Å². The van der Waals surface area contributed by atoms with E-state index in [2.05, 4.69) is 59.0 Å². The molecular weight excluding hydrogens is 815 g/mol. The van der Waals surface area contributed by atoms with Gasteiger partial charge in [0.15, 0.2) is 0 Å². The van der Waals surface area contributed by atoms with Gasteiger partial charge in [-0.2, -0.15) is 0 Å². The number of rotatable bonds is 31. The van der Waals surface area contributed by atoms with Crippen LogP contribution in [0.5, 0.6) is 0 Å². The van der Waals surface area contributed by atoms with Crippen molar-refractivity contribution in [2.75, 3.05) is 31.9 Å². The maximum absolute atomic E-state index is 13.6. The van der Waals surface area contributed by atoms with Gasteiger partial charge in [-0.15, -0.1) is 0 Å². The minimum absolute atomic E-state index is 0.0437. The Morgan fingerprint density at radius 1 is 0.839 bits per heavy atom. The molecule has 356 valence electrons. The van der Waals surface area contributed by atoms with E-state index in [1.165, 1.54) is 46.0 Å². The van der Waals surface area contributed by atoms with E-state index in [0.717, 1.165) is 32.1 Å². The van der Waals surface area contributed by atoms with Gasteiger partial charge in [0, 0.05) is 6.54 Å². The van der Waals surface area contributed by atoms with Gasteiger partial charge in [0.05, 0.1) is 29.5 Å². The minimum Gasteiger partial charge on any atom is -0.404 e. The zero-order valence-corrected chi connectivity index (χ0v) is 39.5. The molecule has 0 aromatic carbocycles. The van der Waals surface area contributed by atoms with Gasteiger partial charge in [0.2, 0.25) is 27.7 Å². The summed E-state index contributed by atoms with van der Waals surface area (Å²) in [7, 11) is -4.59. The molecule has 0 aromatic rings. The molecule has 0 unspecified atom stereocenters. The first kappa shape index (κ1) is 53.7. The molecule has 3 saturated carbocycles. The summed E-state index contributed by atoms with van der Waals surface area (Å²) in [6, 6.07) is -3.99. The second-order valence-corrected chi connectivity index (χ2v) is 20.5. The summed E-state index contributed by atoms with van der Waals surface area (Å²) < 4.78 is 41.5. The van der Waals surface area contributed by atoms with E-state index in [-0.39, 0.29) is 35.9 Å². The lowest BCUT2D eigenvalue weighted by Crippen LogP contribution is -2.65. The van der Waals surface area contributed by atoms with E-state index >= 15 is 0 Å². The number of nitrogens with one attached hydrogen (secondary N) is 6. The van der Waals surface area contributed by atoms with Crippen LogP contribution in [0.3, 0.4) is 0 Å². The molecule has 9 atom stereocenters. The molecule has 3 aliphatic carbocycles. The fourth-order valence-corrected chi connectivity index (χ4v) is 10.2. The predicted molar refractivity (Wildman–Crippen MR) is 243 cm³/mol. The van der Waals surface area contributed by atoms with Crippen molar-refractivity contribution in [3.05, 3.63) is 11.8 Å². The molecule has 1 aliphatic heterocycles. The van der Waals surface area contributed by atoms with Crippen LogP contribution in [0.4, 0.5) is 0 Å². The Kier molecular flexibility index (Phi) is 22.3. The number of hydrogen-bond acceptors (Lipinski definition) is 12. The summed E-state index contributed by atoms with van der Waals surface area (Å²) >= 11 is 0. The molecule has 4 amide bonds. The summed E-state index contributed by atoms with van der Waals surface area (Å²) in [4.78, 5) is 54.1. The zero-order chi connectivity index (χ0) is 46.1. The van der Waals surface area contributed by atoms with E-state index in [4.69, 9.17) is 20.8 Å². The van der Waals surface area contributed by atoms with Gasteiger partial charge < -0.3 is 52.5 Å². The summed E-state index contributed by atoms with van der Waals surface area (Å²) in [6.45, 7) is 14.9. The number of unbranched alkanes of at least 4 members (excludes halogenated alkanes) is 9. The summed E-state index contributed by atoms with van der Waals surface area (Å²) in [6.07, 6.45) is 13.5. The Hall–Kier alpha value is -2.65. The van der Waals surface area contributed by atoms with Gasteiger partial charge in [-0.25, -0.2) is 13.1 Å². The van der Waals surface area contributed by atoms with Gasteiger partial charge in [-0.05, 0) is 110 Å². The van der Waals surface area contributed by atoms with Crippen molar-refractivity contribution in [1.82, 2.24) is 31.3 Å². The van der Waals surface area contributed by atoms with Crippen LogP contribution in [0, 0.1) is 17.3 Å². The average molecular weight is 897 g/mol. The smallest absolute Gasteiger partial charge is 0.404 e. The number of carbonyl (C=O) groups excluding carboxylic acids is 4. The Bertz CT molecular complexity index is 1590. The molecule has 62 heavy (non-hydrogen) atoms. The quantitative estimate of drug-likeness (QED) is 0.0275. The molecule has 17 nitrogen and oxygen atoms in total. The maximum atomic E-state index is 13.6. The number of aliphatic hydroxyl groups is 1. The van der Waals surface area contributed by atoms with Gasteiger partial charge in [-0.1, -0.05) is 78.2 Å². The van der Waals surface area contributed by atoms with E-state index in [1.807, 2.05) is 0 Å². The largest absolute Gasteiger partial charge is 0.481 e. The van der Waals surface area contributed by atoms with Crippen molar-refractivity contribution in [1.29, 1.82) is 0 Å². The monoisotopic (exact) mass is 897 g/mol. The van der Waals surface area contributed by atoms with Crippen LogP contribution in [0.15, 0.2) is 11.8 Å². The minimum atomic E-state index is -3.91. The SMILES string of the molecule is CCCCCCCCCCNCCS(=O)(=O)N[C@@H](CCCCN)C(=O)N[C@H](C(=O)N[C@@H](C)C(=O)N/C(=C/CCCN)C(=O)N[C@@H](C)B1O[C@@H]2C[C@@H]3C[C@@H](C3(C)C)[C@]2(C)O1)[C@@H](C)O.